The predicted octanol–water partition coefficient (Wildman–Crippen LogP) is 4.04. The molecule has 1 fully saturated rings. The van der Waals surface area contributed by atoms with Gasteiger partial charge in [-0.05, 0) is 46.1 Å². The molecule has 2 N–H and O–H groups in total. The molecule has 1 saturated heterocycles. The van der Waals surface area contributed by atoms with Crippen LogP contribution in [0.4, 0.5) is 0 Å². The van der Waals surface area contributed by atoms with E-state index in [-0.39, 0.29) is 0 Å². The van der Waals surface area contributed by atoms with Gasteiger partial charge in [-0.2, -0.15) is 0 Å². The van der Waals surface area contributed by atoms with Crippen molar-refractivity contribution in [3.8, 4) is 0 Å². The normalized spacial score (nSPS) is 17.5. The molecule has 5 nitrogen and oxygen atoms in total. The highest BCUT2D eigenvalue weighted by Gasteiger charge is 2.24. The lowest BCUT2D eigenvalue weighted by Gasteiger charge is -2.37. The summed E-state index contributed by atoms with van der Waals surface area (Å²) in [5.74, 6) is 0.919. The lowest BCUT2D eigenvalue weighted by molar-refractivity contribution is 0.158. The zero-order valence-corrected chi connectivity index (χ0v) is 18.4. The van der Waals surface area contributed by atoms with Crippen molar-refractivity contribution in [1.82, 2.24) is 20.5 Å². The van der Waals surface area contributed by atoms with Crippen molar-refractivity contribution in [2.24, 2.45) is 4.99 Å². The minimum absolute atomic E-state index is 0.473. The molecular formula is C22H33N5S. The van der Waals surface area contributed by atoms with Gasteiger partial charge in [-0.15, -0.1) is 11.3 Å². The summed E-state index contributed by atoms with van der Waals surface area (Å²) in [6.07, 6.45) is 2.28. The summed E-state index contributed by atoms with van der Waals surface area (Å²) in [6.45, 7) is 12.3. The number of nitrogens with zero attached hydrogens (tertiary/aromatic N) is 3. The van der Waals surface area contributed by atoms with E-state index in [1.165, 1.54) is 10.4 Å². The fraction of sp³-hybridized carbons (Fsp3) is 0.545. The molecule has 1 atom stereocenters. The first kappa shape index (κ1) is 20.8. The zero-order chi connectivity index (χ0) is 19.9. The summed E-state index contributed by atoms with van der Waals surface area (Å²) in [6, 6.07) is 11.8. The Morgan fingerprint density at radius 2 is 1.96 bits per heavy atom. The molecule has 0 radical (unpaired) electrons. The molecule has 0 saturated carbocycles. The zero-order valence-electron chi connectivity index (χ0n) is 17.5. The molecule has 2 aromatic rings. The first-order valence-electron chi connectivity index (χ1n) is 10.3. The van der Waals surface area contributed by atoms with Crippen LogP contribution in [0, 0.1) is 13.8 Å². The van der Waals surface area contributed by atoms with E-state index in [4.69, 9.17) is 4.99 Å². The van der Waals surface area contributed by atoms with E-state index >= 15 is 0 Å². The second-order valence-electron chi connectivity index (χ2n) is 7.48. The Morgan fingerprint density at radius 1 is 1.25 bits per heavy atom. The largest absolute Gasteiger partial charge is 0.357 e. The van der Waals surface area contributed by atoms with Crippen molar-refractivity contribution in [2.45, 2.75) is 59.2 Å². The molecule has 6 heteroatoms. The van der Waals surface area contributed by atoms with E-state index in [1.54, 1.807) is 11.3 Å². The number of benzene rings is 1. The maximum absolute atomic E-state index is 4.80. The molecular weight excluding hydrogens is 366 g/mol. The number of hydrogen-bond acceptors (Lipinski definition) is 4. The molecule has 0 bridgehead atoms. The highest BCUT2D eigenvalue weighted by Crippen LogP contribution is 2.24. The molecule has 0 aliphatic carbocycles. The van der Waals surface area contributed by atoms with Gasteiger partial charge in [-0.3, -0.25) is 4.90 Å². The molecule has 3 rings (SSSR count). The van der Waals surface area contributed by atoms with Crippen LogP contribution in [0.5, 0.6) is 0 Å². The van der Waals surface area contributed by atoms with E-state index in [2.05, 4.69) is 78.5 Å². The highest BCUT2D eigenvalue weighted by atomic mass is 32.1. The van der Waals surface area contributed by atoms with E-state index in [0.717, 1.165) is 49.1 Å². The third-order valence-corrected chi connectivity index (χ3v) is 6.48. The predicted molar refractivity (Wildman–Crippen MR) is 119 cm³/mol. The molecule has 2 heterocycles. The minimum atomic E-state index is 0.473. The van der Waals surface area contributed by atoms with Crippen LogP contribution in [-0.2, 0) is 6.54 Å². The molecule has 0 spiro atoms. The van der Waals surface area contributed by atoms with E-state index in [0.29, 0.717) is 18.6 Å². The van der Waals surface area contributed by atoms with Gasteiger partial charge in [0, 0.05) is 36.6 Å². The van der Waals surface area contributed by atoms with Gasteiger partial charge in [-0.1, -0.05) is 30.3 Å². The number of aliphatic imine (C=N–C) groups is 1. The van der Waals surface area contributed by atoms with Gasteiger partial charge >= 0.3 is 0 Å². The third-order valence-electron chi connectivity index (χ3n) is 5.42. The fourth-order valence-electron chi connectivity index (χ4n) is 3.76. The standard InChI is InChI=1S/C22H33N5S/c1-5-23-22(24-15-21-16(2)25-18(4)28-21)26-20-11-13-27(14-12-20)17(3)19-9-7-6-8-10-19/h6-10,17,20H,5,11-15H2,1-4H3,(H2,23,24,26). The van der Waals surface area contributed by atoms with Crippen molar-refractivity contribution >= 4 is 17.3 Å². The maximum Gasteiger partial charge on any atom is 0.191 e. The average molecular weight is 400 g/mol. The van der Waals surface area contributed by atoms with Crippen LogP contribution in [0.25, 0.3) is 0 Å². The number of aryl methyl sites for hydroxylation is 2. The van der Waals surface area contributed by atoms with Gasteiger partial charge in [-0.25, -0.2) is 9.98 Å². The number of thiazole rings is 1. The van der Waals surface area contributed by atoms with Crippen molar-refractivity contribution in [1.29, 1.82) is 0 Å². The van der Waals surface area contributed by atoms with Crippen LogP contribution < -0.4 is 10.6 Å². The lowest BCUT2D eigenvalue weighted by Crippen LogP contribution is -2.49. The van der Waals surface area contributed by atoms with E-state index in [9.17, 15) is 0 Å². The summed E-state index contributed by atoms with van der Waals surface area (Å²) in [7, 11) is 0. The van der Waals surface area contributed by atoms with Crippen LogP contribution >= 0.6 is 11.3 Å². The molecule has 28 heavy (non-hydrogen) atoms. The Balaban J connectivity index is 1.53. The second-order valence-corrected chi connectivity index (χ2v) is 8.77. The van der Waals surface area contributed by atoms with Crippen LogP contribution in [0.15, 0.2) is 35.3 Å². The van der Waals surface area contributed by atoms with Gasteiger partial charge in [0.25, 0.3) is 0 Å². The Kier molecular flexibility index (Phi) is 7.45. The number of likely N-dealkylation sites (tertiary alicyclic amines) is 1. The minimum Gasteiger partial charge on any atom is -0.357 e. The number of rotatable bonds is 6. The average Bonchev–Trinajstić information content (AvgIpc) is 3.04. The van der Waals surface area contributed by atoms with Gasteiger partial charge < -0.3 is 10.6 Å². The molecule has 152 valence electrons. The smallest absolute Gasteiger partial charge is 0.191 e. The first-order valence-corrected chi connectivity index (χ1v) is 11.1. The molecule has 1 aromatic carbocycles. The maximum atomic E-state index is 4.80. The summed E-state index contributed by atoms with van der Waals surface area (Å²) in [4.78, 5) is 13.1. The van der Waals surface area contributed by atoms with Crippen molar-refractivity contribution in [3.63, 3.8) is 0 Å². The molecule has 1 unspecified atom stereocenters. The van der Waals surface area contributed by atoms with Gasteiger partial charge in [0.15, 0.2) is 5.96 Å². The number of guanidine groups is 1. The Labute approximate surface area is 173 Å². The number of hydrogen-bond donors (Lipinski definition) is 2. The number of aromatic nitrogens is 1. The third kappa shape index (κ3) is 5.55. The SMILES string of the molecule is CCNC(=NCc1sc(C)nc1C)NC1CCN(C(C)c2ccccc2)CC1. The van der Waals surface area contributed by atoms with Crippen LogP contribution in [0.2, 0.25) is 0 Å². The van der Waals surface area contributed by atoms with E-state index in [1.807, 2.05) is 0 Å². The molecule has 0 amide bonds. The monoisotopic (exact) mass is 399 g/mol. The van der Waals surface area contributed by atoms with Crippen molar-refractivity contribution < 1.29 is 0 Å². The first-order chi connectivity index (χ1) is 13.6. The van der Waals surface area contributed by atoms with Crippen LogP contribution in [-0.4, -0.2) is 41.5 Å². The quantitative estimate of drug-likeness (QED) is 0.569. The highest BCUT2D eigenvalue weighted by molar-refractivity contribution is 7.11. The Morgan fingerprint density at radius 3 is 2.57 bits per heavy atom. The number of piperidine rings is 1. The molecule has 1 aromatic heterocycles. The van der Waals surface area contributed by atoms with Crippen LogP contribution in [0.3, 0.4) is 0 Å². The van der Waals surface area contributed by atoms with Gasteiger partial charge in [0.05, 0.1) is 17.2 Å². The van der Waals surface area contributed by atoms with E-state index < -0.39 is 0 Å². The lowest BCUT2D eigenvalue weighted by atomic mass is 10.0. The van der Waals surface area contributed by atoms with Crippen molar-refractivity contribution in [3.05, 3.63) is 51.5 Å². The van der Waals surface area contributed by atoms with Crippen molar-refractivity contribution in [2.75, 3.05) is 19.6 Å². The summed E-state index contributed by atoms with van der Waals surface area (Å²) in [5.41, 5.74) is 2.50. The summed E-state index contributed by atoms with van der Waals surface area (Å²) in [5, 5.41) is 8.16. The Bertz CT molecular complexity index is 762. The summed E-state index contributed by atoms with van der Waals surface area (Å²) < 4.78 is 0. The number of nitrogens with one attached hydrogen (secondary N) is 2. The Hall–Kier alpha value is -1.92. The molecule has 1 aliphatic rings. The fourth-order valence-corrected chi connectivity index (χ4v) is 4.62. The summed E-state index contributed by atoms with van der Waals surface area (Å²) >= 11 is 1.74. The second kappa shape index (κ2) is 10.0. The topological polar surface area (TPSA) is 52.6 Å². The molecule has 1 aliphatic heterocycles. The van der Waals surface area contributed by atoms with Crippen LogP contribution in [0.1, 0.15) is 53.9 Å². The van der Waals surface area contributed by atoms with Gasteiger partial charge in [0.2, 0.25) is 0 Å². The van der Waals surface area contributed by atoms with Gasteiger partial charge in [0.1, 0.15) is 0 Å².